The monoisotopic (exact) mass is 246 g/mol. The van der Waals surface area contributed by atoms with Crippen molar-refractivity contribution < 1.29 is 14.4 Å². The first-order chi connectivity index (χ1) is 8.56. The zero-order valence-corrected chi connectivity index (χ0v) is 9.57. The Morgan fingerprint density at radius 2 is 1.89 bits per heavy atom. The smallest absolute Gasteiger partial charge is 0.269 e. The second kappa shape index (κ2) is 4.70. The van der Waals surface area contributed by atoms with Crippen molar-refractivity contribution in [3.8, 4) is 11.5 Å². The number of non-ortho nitro benzene ring substituents is 1. The number of nitro benzene ring substituents is 1. The van der Waals surface area contributed by atoms with Gasteiger partial charge in [-0.2, -0.15) is 4.73 Å². The Morgan fingerprint density at radius 1 is 1.22 bits per heavy atom. The van der Waals surface area contributed by atoms with E-state index in [0.29, 0.717) is 16.2 Å². The van der Waals surface area contributed by atoms with Gasteiger partial charge in [-0.3, -0.25) is 10.1 Å². The quantitative estimate of drug-likeness (QED) is 0.360. The highest BCUT2D eigenvalue weighted by Gasteiger charge is 2.08. The number of ether oxygens (including phenoxy) is 1. The maximum Gasteiger partial charge on any atom is 0.269 e. The molecule has 6 nitrogen and oxygen atoms in total. The molecule has 18 heavy (non-hydrogen) atoms. The molecule has 0 spiro atoms. The number of aryl methyl sites for hydroxylation is 1. The summed E-state index contributed by atoms with van der Waals surface area (Å²) < 4.78 is 6.11. The molecule has 0 radical (unpaired) electrons. The molecule has 1 aromatic heterocycles. The minimum absolute atomic E-state index is 0.00831. The Morgan fingerprint density at radius 3 is 2.50 bits per heavy atom. The van der Waals surface area contributed by atoms with Crippen LogP contribution in [0.25, 0.3) is 0 Å². The normalized spacial score (nSPS) is 10.1. The molecule has 0 bridgehead atoms. The van der Waals surface area contributed by atoms with E-state index >= 15 is 0 Å². The van der Waals surface area contributed by atoms with E-state index in [1.165, 1.54) is 36.7 Å². The summed E-state index contributed by atoms with van der Waals surface area (Å²) in [5.41, 5.74) is 0.798. The fraction of sp³-hybridized carbons (Fsp3) is 0.0833. The number of hydrogen-bond acceptors (Lipinski definition) is 4. The first kappa shape index (κ1) is 11.8. The Balaban J connectivity index is 2.23. The summed E-state index contributed by atoms with van der Waals surface area (Å²) in [6.07, 6.45) is 2.68. The second-order valence-electron chi connectivity index (χ2n) is 3.71. The second-order valence-corrected chi connectivity index (χ2v) is 3.71. The number of nitrogens with zero attached hydrogens (tertiary/aromatic N) is 2. The summed E-state index contributed by atoms with van der Waals surface area (Å²) in [4.78, 5) is 10.0. The SMILES string of the molecule is Cc1cc[n+]([O-])cc1Oc1ccc([N+](=O)[O-])cc1. The number of hydrogen-bond donors (Lipinski definition) is 0. The lowest BCUT2D eigenvalue weighted by Crippen LogP contribution is -2.24. The number of nitro groups is 1. The van der Waals surface area contributed by atoms with Crippen LogP contribution in [-0.4, -0.2) is 4.92 Å². The summed E-state index contributed by atoms with van der Waals surface area (Å²) in [6.45, 7) is 1.81. The topological polar surface area (TPSA) is 79.3 Å². The molecule has 0 unspecified atom stereocenters. The predicted molar refractivity (Wildman–Crippen MR) is 63.3 cm³/mol. The zero-order valence-electron chi connectivity index (χ0n) is 9.57. The van der Waals surface area contributed by atoms with Crippen LogP contribution in [0.2, 0.25) is 0 Å². The van der Waals surface area contributed by atoms with Gasteiger partial charge in [0, 0.05) is 23.8 Å². The van der Waals surface area contributed by atoms with Gasteiger partial charge < -0.3 is 9.94 Å². The summed E-state index contributed by atoms with van der Waals surface area (Å²) in [6, 6.07) is 7.30. The highest BCUT2D eigenvalue weighted by atomic mass is 16.6. The highest BCUT2D eigenvalue weighted by molar-refractivity contribution is 5.39. The summed E-state index contributed by atoms with van der Waals surface area (Å²) in [5.74, 6) is 0.858. The first-order valence-electron chi connectivity index (χ1n) is 5.18. The number of benzene rings is 1. The van der Waals surface area contributed by atoms with E-state index in [1.807, 2.05) is 0 Å². The van der Waals surface area contributed by atoms with Crippen LogP contribution in [-0.2, 0) is 0 Å². The third-order valence-corrected chi connectivity index (χ3v) is 2.38. The van der Waals surface area contributed by atoms with Crippen LogP contribution in [0.1, 0.15) is 5.56 Å². The van der Waals surface area contributed by atoms with Gasteiger partial charge in [0.25, 0.3) is 5.69 Å². The maximum absolute atomic E-state index is 11.1. The van der Waals surface area contributed by atoms with Gasteiger partial charge in [0.15, 0.2) is 11.9 Å². The molecular formula is C12H10N2O4. The van der Waals surface area contributed by atoms with Crippen molar-refractivity contribution in [1.82, 2.24) is 0 Å². The lowest BCUT2D eigenvalue weighted by Gasteiger charge is -2.07. The predicted octanol–water partition coefficient (Wildman–Crippen LogP) is 2.33. The van der Waals surface area contributed by atoms with Crippen molar-refractivity contribution in [3.05, 3.63) is 63.6 Å². The van der Waals surface area contributed by atoms with Gasteiger partial charge in [-0.25, -0.2) is 0 Å². The van der Waals surface area contributed by atoms with Crippen molar-refractivity contribution in [3.63, 3.8) is 0 Å². The highest BCUT2D eigenvalue weighted by Crippen LogP contribution is 2.25. The minimum Gasteiger partial charge on any atom is -0.619 e. The van der Waals surface area contributed by atoms with Gasteiger partial charge in [0.05, 0.1) is 4.92 Å². The van der Waals surface area contributed by atoms with E-state index in [-0.39, 0.29) is 5.69 Å². The van der Waals surface area contributed by atoms with Crippen LogP contribution in [0, 0.1) is 22.2 Å². The van der Waals surface area contributed by atoms with Crippen molar-refractivity contribution in [1.29, 1.82) is 0 Å². The van der Waals surface area contributed by atoms with Crippen LogP contribution in [0.15, 0.2) is 42.7 Å². The third kappa shape index (κ3) is 2.54. The summed E-state index contributed by atoms with van der Waals surface area (Å²) >= 11 is 0. The van der Waals surface area contributed by atoms with Crippen molar-refractivity contribution in [2.24, 2.45) is 0 Å². The van der Waals surface area contributed by atoms with E-state index in [2.05, 4.69) is 0 Å². The van der Waals surface area contributed by atoms with Crippen LogP contribution < -0.4 is 9.47 Å². The van der Waals surface area contributed by atoms with Crippen LogP contribution >= 0.6 is 0 Å². The summed E-state index contributed by atoms with van der Waals surface area (Å²) in [7, 11) is 0. The summed E-state index contributed by atoms with van der Waals surface area (Å²) in [5, 5.41) is 21.6. The van der Waals surface area contributed by atoms with Crippen molar-refractivity contribution in [2.45, 2.75) is 6.92 Å². The molecule has 0 aliphatic heterocycles. The zero-order chi connectivity index (χ0) is 13.1. The number of rotatable bonds is 3. The minimum atomic E-state index is -0.483. The lowest BCUT2D eigenvalue weighted by atomic mass is 10.2. The first-order valence-corrected chi connectivity index (χ1v) is 5.18. The van der Waals surface area contributed by atoms with E-state index in [0.717, 1.165) is 5.56 Å². The van der Waals surface area contributed by atoms with Gasteiger partial charge in [-0.05, 0) is 19.1 Å². The molecule has 0 saturated carbocycles. The maximum atomic E-state index is 11.1. The Kier molecular flexibility index (Phi) is 3.09. The van der Waals surface area contributed by atoms with Gasteiger partial charge in [0.1, 0.15) is 5.75 Å². The van der Waals surface area contributed by atoms with Crippen molar-refractivity contribution in [2.75, 3.05) is 0 Å². The molecule has 0 aliphatic carbocycles. The standard InChI is InChI=1S/C12H10N2O4/c1-9-6-7-13(15)8-12(9)18-11-4-2-10(3-5-11)14(16)17/h2-8H,1H3. The van der Waals surface area contributed by atoms with E-state index < -0.39 is 4.92 Å². The van der Waals surface area contributed by atoms with Crippen LogP contribution in [0.5, 0.6) is 11.5 Å². The molecule has 0 atom stereocenters. The average Bonchev–Trinajstić information content (AvgIpc) is 2.34. The lowest BCUT2D eigenvalue weighted by molar-refractivity contribution is -0.605. The van der Waals surface area contributed by atoms with Gasteiger partial charge in [-0.1, -0.05) is 0 Å². The molecule has 0 N–H and O–H groups in total. The molecule has 0 saturated heterocycles. The molecule has 1 aromatic carbocycles. The molecule has 2 rings (SSSR count). The Labute approximate surface area is 103 Å². The molecule has 2 aromatic rings. The van der Waals surface area contributed by atoms with Crippen LogP contribution in [0.3, 0.4) is 0 Å². The Bertz CT molecular complexity index is 581. The molecule has 0 amide bonds. The fourth-order valence-electron chi connectivity index (χ4n) is 1.40. The van der Waals surface area contributed by atoms with E-state index in [9.17, 15) is 15.3 Å². The molecule has 0 fully saturated rings. The van der Waals surface area contributed by atoms with E-state index in [4.69, 9.17) is 4.74 Å². The molecular weight excluding hydrogens is 236 g/mol. The van der Waals surface area contributed by atoms with Gasteiger partial charge in [-0.15, -0.1) is 0 Å². The molecule has 6 heteroatoms. The fourth-order valence-corrected chi connectivity index (χ4v) is 1.40. The van der Waals surface area contributed by atoms with Gasteiger partial charge >= 0.3 is 0 Å². The van der Waals surface area contributed by atoms with Crippen LogP contribution in [0.4, 0.5) is 5.69 Å². The average molecular weight is 246 g/mol. The van der Waals surface area contributed by atoms with Gasteiger partial charge in [0.2, 0.25) is 6.20 Å². The molecule has 0 aliphatic rings. The Hall–Kier alpha value is -2.63. The molecule has 92 valence electrons. The molecule has 1 heterocycles. The van der Waals surface area contributed by atoms with Crippen molar-refractivity contribution >= 4 is 5.69 Å². The largest absolute Gasteiger partial charge is 0.619 e. The number of aromatic nitrogens is 1. The van der Waals surface area contributed by atoms with E-state index in [1.54, 1.807) is 13.0 Å². The number of pyridine rings is 1. The third-order valence-electron chi connectivity index (χ3n) is 2.38.